The number of para-hydroxylation sites is 1. The van der Waals surface area contributed by atoms with Crippen LogP contribution in [0.25, 0.3) is 0 Å². The van der Waals surface area contributed by atoms with Crippen LogP contribution in [0.1, 0.15) is 51.4 Å². The molecule has 0 spiro atoms. The third kappa shape index (κ3) is 6.67. The zero-order valence-electron chi connectivity index (χ0n) is 25.0. The molecule has 1 saturated carbocycles. The fourth-order valence-electron chi connectivity index (χ4n) is 5.76. The summed E-state index contributed by atoms with van der Waals surface area (Å²) in [7, 11) is 3.65. The van der Waals surface area contributed by atoms with Crippen molar-refractivity contribution in [1.29, 1.82) is 0 Å². The van der Waals surface area contributed by atoms with Crippen LogP contribution in [-0.4, -0.2) is 34.4 Å². The molecule has 40 heavy (non-hydrogen) atoms. The molecule has 5 atom stereocenters. The van der Waals surface area contributed by atoms with Gasteiger partial charge in [-0.3, -0.25) is 4.57 Å². The molecule has 7 heteroatoms. The van der Waals surface area contributed by atoms with E-state index >= 15 is 4.57 Å². The number of methoxy groups -OCH3 is 2. The van der Waals surface area contributed by atoms with E-state index in [4.69, 9.17) is 14.0 Å². The van der Waals surface area contributed by atoms with E-state index in [-0.39, 0.29) is 6.10 Å². The molecule has 1 aliphatic carbocycles. The fourth-order valence-corrected chi connectivity index (χ4v) is 8.40. The third-order valence-corrected chi connectivity index (χ3v) is 10.8. The third-order valence-electron chi connectivity index (χ3n) is 8.13. The van der Waals surface area contributed by atoms with Crippen LogP contribution in [0.3, 0.4) is 0 Å². The molecule has 1 fully saturated rings. The second kappa shape index (κ2) is 13.1. The van der Waals surface area contributed by atoms with Crippen molar-refractivity contribution in [2.45, 2.75) is 51.9 Å². The summed E-state index contributed by atoms with van der Waals surface area (Å²) in [6.07, 6.45) is 3.00. The molecule has 0 unspecified atom stereocenters. The largest absolute Gasteiger partial charge is 0.497 e. The highest BCUT2D eigenvalue weighted by Crippen LogP contribution is 2.63. The first-order valence-electron chi connectivity index (χ1n) is 14.3. The summed E-state index contributed by atoms with van der Waals surface area (Å²) >= 11 is 0. The van der Waals surface area contributed by atoms with E-state index in [9.17, 15) is 0 Å². The molecule has 1 aliphatic rings. The van der Waals surface area contributed by atoms with E-state index in [0.717, 1.165) is 29.8 Å². The summed E-state index contributed by atoms with van der Waals surface area (Å²) in [4.78, 5) is 2.04. The number of nitrogens with one attached hydrogen (secondary N) is 1. The van der Waals surface area contributed by atoms with Crippen LogP contribution in [-0.2, 0) is 9.09 Å². The molecule has 0 bridgehead atoms. The van der Waals surface area contributed by atoms with Crippen molar-refractivity contribution in [3.8, 4) is 11.5 Å². The van der Waals surface area contributed by atoms with Crippen molar-refractivity contribution in [1.82, 2.24) is 0 Å². The van der Waals surface area contributed by atoms with E-state index in [1.165, 1.54) is 6.42 Å². The summed E-state index contributed by atoms with van der Waals surface area (Å²) in [6.45, 7) is 6.77. The summed E-state index contributed by atoms with van der Waals surface area (Å²) in [6, 6.07) is 23.5. The first-order valence-corrected chi connectivity index (χ1v) is 15.9. The molecule has 1 N–H and O–H groups in total. The van der Waals surface area contributed by atoms with Gasteiger partial charge in [0.1, 0.15) is 17.3 Å². The Balaban J connectivity index is 1.93. The van der Waals surface area contributed by atoms with Crippen molar-refractivity contribution in [3.05, 3.63) is 78.4 Å². The second-order valence-electron chi connectivity index (χ2n) is 11.5. The van der Waals surface area contributed by atoms with E-state index in [2.05, 4.69) is 26.1 Å². The number of hydrogen-bond acceptors (Lipinski definition) is 6. The van der Waals surface area contributed by atoms with Crippen molar-refractivity contribution in [2.75, 3.05) is 38.5 Å². The standard InChI is InChI=1S/C33H45N2O4P/c1-23(2)29-19-13-24(3)21-32(29)39-40(36,28-17-14-26(15-18-28)35(4)5)33(34-25-11-9-8-10-12-25)30-22-27(37-6)16-20-31(30)38-7/h8-12,14-18,20,22-24,29,32-34H,13,19,21H2,1-7H3/t24-,29+,32+,33+,40+/m0/s1. The highest BCUT2D eigenvalue weighted by molar-refractivity contribution is 7.67. The second-order valence-corrected chi connectivity index (χ2v) is 13.9. The number of rotatable bonds is 11. The number of benzene rings is 3. The van der Waals surface area contributed by atoms with Gasteiger partial charge in [-0.2, -0.15) is 0 Å². The van der Waals surface area contributed by atoms with E-state index in [0.29, 0.717) is 34.6 Å². The lowest BCUT2D eigenvalue weighted by atomic mass is 9.75. The summed E-state index contributed by atoms with van der Waals surface area (Å²) in [5, 5.41) is 4.29. The van der Waals surface area contributed by atoms with Crippen LogP contribution in [0.5, 0.6) is 11.5 Å². The summed E-state index contributed by atoms with van der Waals surface area (Å²) in [5.74, 6) is 1.84. The monoisotopic (exact) mass is 564 g/mol. The topological polar surface area (TPSA) is 60.0 Å². The molecule has 6 nitrogen and oxygen atoms in total. The molecule has 4 rings (SSSR count). The molecule has 0 saturated heterocycles. The molecule has 216 valence electrons. The molecule has 0 heterocycles. The van der Waals surface area contributed by atoms with Gasteiger partial charge in [0.2, 0.25) is 0 Å². The molecule has 0 aliphatic heterocycles. The van der Waals surface area contributed by atoms with Crippen molar-refractivity contribution in [3.63, 3.8) is 0 Å². The minimum Gasteiger partial charge on any atom is -0.497 e. The van der Waals surface area contributed by atoms with Crippen molar-refractivity contribution < 1.29 is 18.6 Å². The Labute approximate surface area is 240 Å². The SMILES string of the molecule is COc1ccc(OC)c([C@H](Nc2ccccc2)[P@](=O)(O[C@@H]2C[C@@H](C)CC[C@@H]2C(C)C)c2ccc(N(C)C)cc2)c1. The Morgan fingerprint density at radius 1 is 0.925 bits per heavy atom. The first-order chi connectivity index (χ1) is 19.2. The van der Waals surface area contributed by atoms with Crippen LogP contribution >= 0.6 is 7.37 Å². The first kappa shape index (κ1) is 30.0. The Bertz CT molecular complexity index is 1280. The van der Waals surface area contributed by atoms with Gasteiger partial charge >= 0.3 is 0 Å². The normalized spacial score (nSPS) is 21.4. The Kier molecular flexibility index (Phi) is 9.86. The molecule has 0 aromatic heterocycles. The van der Waals surface area contributed by atoms with Gasteiger partial charge in [-0.1, -0.05) is 45.4 Å². The smallest absolute Gasteiger partial charge is 0.258 e. The van der Waals surface area contributed by atoms with Crippen LogP contribution in [0.4, 0.5) is 11.4 Å². The number of nitrogens with zero attached hydrogens (tertiary/aromatic N) is 1. The number of anilines is 2. The van der Waals surface area contributed by atoms with Crippen LogP contribution < -0.4 is 25.0 Å². The minimum atomic E-state index is -3.63. The molecule has 0 radical (unpaired) electrons. The van der Waals surface area contributed by atoms with Crippen LogP contribution in [0.15, 0.2) is 72.8 Å². The van der Waals surface area contributed by atoms with Gasteiger partial charge in [0.15, 0.2) is 0 Å². The quantitative estimate of drug-likeness (QED) is 0.239. The minimum absolute atomic E-state index is 0.125. The van der Waals surface area contributed by atoms with Gasteiger partial charge in [-0.05, 0) is 85.2 Å². The fraction of sp³-hybridized carbons (Fsp3) is 0.455. The van der Waals surface area contributed by atoms with Gasteiger partial charge in [-0.25, -0.2) is 0 Å². The molecule has 0 amide bonds. The highest BCUT2D eigenvalue weighted by atomic mass is 31.2. The zero-order chi connectivity index (χ0) is 28.9. The predicted molar refractivity (Wildman–Crippen MR) is 167 cm³/mol. The van der Waals surface area contributed by atoms with Gasteiger partial charge in [-0.15, -0.1) is 0 Å². The maximum Gasteiger partial charge on any atom is 0.258 e. The maximum atomic E-state index is 15.8. The van der Waals surface area contributed by atoms with E-state index < -0.39 is 13.2 Å². The number of ether oxygens (including phenoxy) is 2. The Hall–Kier alpha value is -2.95. The van der Waals surface area contributed by atoms with Crippen molar-refractivity contribution in [2.24, 2.45) is 17.8 Å². The lowest BCUT2D eigenvalue weighted by Gasteiger charge is -2.41. The van der Waals surface area contributed by atoms with Gasteiger partial charge in [0.05, 0.1) is 20.3 Å². The summed E-state index contributed by atoms with van der Waals surface area (Å²) in [5.41, 5.74) is 2.62. The zero-order valence-corrected chi connectivity index (χ0v) is 25.9. The van der Waals surface area contributed by atoms with Crippen molar-refractivity contribution >= 4 is 24.0 Å². The molecular weight excluding hydrogens is 519 g/mol. The lowest BCUT2D eigenvalue weighted by Crippen LogP contribution is -2.36. The molecule has 3 aromatic carbocycles. The Morgan fingerprint density at radius 3 is 2.23 bits per heavy atom. The maximum absolute atomic E-state index is 15.8. The average molecular weight is 565 g/mol. The lowest BCUT2D eigenvalue weighted by molar-refractivity contribution is 0.0488. The average Bonchev–Trinajstić information content (AvgIpc) is 2.96. The van der Waals surface area contributed by atoms with E-state index in [1.807, 2.05) is 91.8 Å². The van der Waals surface area contributed by atoms with Crippen LogP contribution in [0, 0.1) is 17.8 Å². The highest BCUT2D eigenvalue weighted by Gasteiger charge is 2.44. The van der Waals surface area contributed by atoms with Crippen LogP contribution in [0.2, 0.25) is 0 Å². The van der Waals surface area contributed by atoms with E-state index in [1.54, 1.807) is 14.2 Å². The molecule has 3 aromatic rings. The van der Waals surface area contributed by atoms with Gasteiger partial charge in [0.25, 0.3) is 7.37 Å². The van der Waals surface area contributed by atoms with Gasteiger partial charge < -0.3 is 24.2 Å². The Morgan fingerprint density at radius 2 is 1.62 bits per heavy atom. The molecular formula is C33H45N2O4P. The predicted octanol–water partition coefficient (Wildman–Crippen LogP) is 7.96. The summed E-state index contributed by atoms with van der Waals surface area (Å²) < 4.78 is 34.3. The number of hydrogen-bond donors (Lipinski definition) is 1. The van der Waals surface area contributed by atoms with Gasteiger partial charge in [0, 0.05) is 36.3 Å².